The zero-order valence-electron chi connectivity index (χ0n) is 18.6. The van der Waals surface area contributed by atoms with Gasteiger partial charge in [0.25, 0.3) is 0 Å². The highest BCUT2D eigenvalue weighted by molar-refractivity contribution is 7.98. The van der Waals surface area contributed by atoms with Gasteiger partial charge in [-0.05, 0) is 42.7 Å². The number of thioether (sulfide) groups is 1. The first-order valence-corrected chi connectivity index (χ1v) is 12.4. The first-order valence-electron chi connectivity index (χ1n) is 10.8. The summed E-state index contributed by atoms with van der Waals surface area (Å²) in [6.07, 6.45) is 1.95. The molecule has 2 amide bonds. The van der Waals surface area contributed by atoms with Gasteiger partial charge in [-0.1, -0.05) is 11.6 Å². The van der Waals surface area contributed by atoms with E-state index in [0.717, 1.165) is 29.4 Å². The minimum Gasteiger partial charge on any atom is -0.408 e. The van der Waals surface area contributed by atoms with E-state index in [2.05, 4.69) is 25.5 Å². The lowest BCUT2D eigenvalue weighted by atomic mass is 10.2. The highest BCUT2D eigenvalue weighted by Gasteiger charge is 2.21. The molecular formula is C23H21ClN6O4S. The molecule has 3 heterocycles. The molecule has 1 saturated heterocycles. The Kier molecular flexibility index (Phi) is 6.62. The lowest BCUT2D eigenvalue weighted by Crippen LogP contribution is -2.37. The van der Waals surface area contributed by atoms with Crippen LogP contribution in [0.4, 0.5) is 22.0 Å². The van der Waals surface area contributed by atoms with E-state index in [1.165, 1.54) is 11.8 Å². The van der Waals surface area contributed by atoms with Crippen LogP contribution in [0.5, 0.6) is 0 Å². The SMILES string of the molecule is CSc1c(Cl)nc(-c2ccc(NC(=O)Nc3ccc4[nH]c(=O)oc4c3)cc2)nc1N1CCOCC1. The van der Waals surface area contributed by atoms with Gasteiger partial charge in [-0.15, -0.1) is 11.8 Å². The molecule has 0 aliphatic carbocycles. The number of benzene rings is 2. The molecule has 0 saturated carbocycles. The maximum absolute atomic E-state index is 12.4. The van der Waals surface area contributed by atoms with Gasteiger partial charge in [0.15, 0.2) is 11.4 Å². The largest absolute Gasteiger partial charge is 0.417 e. The number of rotatable bonds is 5. The average Bonchev–Trinajstić information content (AvgIpc) is 3.23. The highest BCUT2D eigenvalue weighted by Crippen LogP contribution is 2.35. The van der Waals surface area contributed by atoms with Crippen molar-refractivity contribution < 1.29 is 13.9 Å². The van der Waals surface area contributed by atoms with Gasteiger partial charge in [0, 0.05) is 36.1 Å². The monoisotopic (exact) mass is 512 g/mol. The number of hydrogen-bond donors (Lipinski definition) is 3. The average molecular weight is 513 g/mol. The number of amides is 2. The third kappa shape index (κ3) is 5.11. The summed E-state index contributed by atoms with van der Waals surface area (Å²) >= 11 is 8.01. The molecule has 0 spiro atoms. The van der Waals surface area contributed by atoms with Crippen molar-refractivity contribution in [3.05, 3.63) is 58.2 Å². The van der Waals surface area contributed by atoms with Crippen molar-refractivity contribution in [3.8, 4) is 11.4 Å². The normalized spacial score (nSPS) is 13.7. The summed E-state index contributed by atoms with van der Waals surface area (Å²) in [5, 5.41) is 5.89. The van der Waals surface area contributed by atoms with Crippen LogP contribution >= 0.6 is 23.4 Å². The summed E-state index contributed by atoms with van der Waals surface area (Å²) in [5.41, 5.74) is 2.76. The number of halogens is 1. The number of hydrogen-bond acceptors (Lipinski definition) is 8. The lowest BCUT2D eigenvalue weighted by Gasteiger charge is -2.29. The van der Waals surface area contributed by atoms with Gasteiger partial charge >= 0.3 is 11.8 Å². The van der Waals surface area contributed by atoms with Gasteiger partial charge in [-0.2, -0.15) is 0 Å². The van der Waals surface area contributed by atoms with Crippen molar-refractivity contribution >= 4 is 57.7 Å². The van der Waals surface area contributed by atoms with Crippen molar-refractivity contribution in [1.29, 1.82) is 0 Å². The minimum atomic E-state index is -0.549. The Morgan fingerprint density at radius 2 is 1.80 bits per heavy atom. The highest BCUT2D eigenvalue weighted by atomic mass is 35.5. The molecule has 4 aromatic rings. The number of ether oxygens (including phenoxy) is 1. The molecular weight excluding hydrogens is 492 g/mol. The van der Waals surface area contributed by atoms with Crippen molar-refractivity contribution in [2.24, 2.45) is 0 Å². The number of aromatic amines is 1. The van der Waals surface area contributed by atoms with Gasteiger partial charge in [-0.25, -0.2) is 19.6 Å². The summed E-state index contributed by atoms with van der Waals surface area (Å²) < 4.78 is 10.5. The van der Waals surface area contributed by atoms with Gasteiger partial charge in [0.05, 0.1) is 23.6 Å². The van der Waals surface area contributed by atoms with E-state index in [9.17, 15) is 9.59 Å². The fourth-order valence-electron chi connectivity index (χ4n) is 3.73. The Morgan fingerprint density at radius 3 is 2.54 bits per heavy atom. The number of aromatic nitrogens is 3. The molecule has 2 aromatic carbocycles. The van der Waals surface area contributed by atoms with Crippen LogP contribution < -0.4 is 21.3 Å². The fourth-order valence-corrected chi connectivity index (χ4v) is 4.69. The van der Waals surface area contributed by atoms with E-state index in [1.54, 1.807) is 30.3 Å². The van der Waals surface area contributed by atoms with E-state index in [-0.39, 0.29) is 0 Å². The van der Waals surface area contributed by atoms with Gasteiger partial charge in [-0.3, -0.25) is 4.98 Å². The molecule has 5 rings (SSSR count). The molecule has 0 radical (unpaired) electrons. The first-order chi connectivity index (χ1) is 17.0. The van der Waals surface area contributed by atoms with Gasteiger partial charge in [0.2, 0.25) is 0 Å². The molecule has 12 heteroatoms. The number of fused-ring (bicyclic) bond motifs is 1. The molecule has 1 aliphatic heterocycles. The standard InChI is InChI=1S/C23H21ClN6O4S/c1-35-18-19(24)28-20(29-21(18)30-8-10-33-11-9-30)13-2-4-14(5-3-13)25-22(31)26-15-6-7-16-17(12-15)34-23(32)27-16/h2-7,12H,8-11H2,1H3,(H,27,32)(H2,25,26,31). The number of oxazole rings is 1. The van der Waals surface area contributed by atoms with Crippen LogP contribution in [0.1, 0.15) is 0 Å². The number of nitrogens with one attached hydrogen (secondary N) is 3. The van der Waals surface area contributed by atoms with Crippen LogP contribution in [-0.2, 0) is 4.74 Å². The van der Waals surface area contributed by atoms with Crippen LogP contribution in [0.3, 0.4) is 0 Å². The number of morpholine rings is 1. The quantitative estimate of drug-likeness (QED) is 0.265. The predicted octanol–water partition coefficient (Wildman–Crippen LogP) is 4.43. The summed E-state index contributed by atoms with van der Waals surface area (Å²) in [4.78, 5) is 38.5. The Hall–Kier alpha value is -3.54. The van der Waals surface area contributed by atoms with Crippen LogP contribution in [0.2, 0.25) is 5.15 Å². The second kappa shape index (κ2) is 9.98. The van der Waals surface area contributed by atoms with Crippen LogP contribution in [0, 0.1) is 0 Å². The maximum atomic E-state index is 12.4. The van der Waals surface area contributed by atoms with E-state index in [4.69, 9.17) is 25.7 Å². The second-order valence-electron chi connectivity index (χ2n) is 7.68. The Labute approximate surface area is 209 Å². The van der Waals surface area contributed by atoms with Crippen LogP contribution in [0.15, 0.2) is 56.6 Å². The molecule has 0 unspecified atom stereocenters. The van der Waals surface area contributed by atoms with Gasteiger partial charge < -0.3 is 24.7 Å². The Bertz CT molecular complexity index is 1430. The zero-order chi connectivity index (χ0) is 24.4. The molecule has 180 valence electrons. The van der Waals surface area contributed by atoms with E-state index >= 15 is 0 Å². The van der Waals surface area contributed by atoms with E-state index < -0.39 is 11.8 Å². The van der Waals surface area contributed by atoms with Gasteiger partial charge in [0.1, 0.15) is 11.0 Å². The smallest absolute Gasteiger partial charge is 0.408 e. The van der Waals surface area contributed by atoms with Crippen molar-refractivity contribution in [2.75, 3.05) is 48.1 Å². The minimum absolute atomic E-state index is 0.361. The fraction of sp³-hybridized carbons (Fsp3) is 0.217. The summed E-state index contributed by atoms with van der Waals surface area (Å²) in [5.74, 6) is 0.756. The predicted molar refractivity (Wildman–Crippen MR) is 137 cm³/mol. The van der Waals surface area contributed by atoms with E-state index in [0.29, 0.717) is 46.7 Å². The topological polar surface area (TPSA) is 125 Å². The molecule has 0 bridgehead atoms. The number of nitrogens with zero attached hydrogens (tertiary/aromatic N) is 3. The Balaban J connectivity index is 1.31. The second-order valence-corrected chi connectivity index (χ2v) is 8.85. The number of carbonyl (C=O) groups excluding carboxylic acids is 1. The van der Waals surface area contributed by atoms with Crippen molar-refractivity contribution in [3.63, 3.8) is 0 Å². The molecule has 10 nitrogen and oxygen atoms in total. The first kappa shape index (κ1) is 23.2. The molecule has 2 aromatic heterocycles. The molecule has 1 fully saturated rings. The Morgan fingerprint density at radius 1 is 1.09 bits per heavy atom. The maximum Gasteiger partial charge on any atom is 0.417 e. The van der Waals surface area contributed by atoms with Crippen LogP contribution in [-0.4, -0.2) is 53.5 Å². The molecule has 3 N–H and O–H groups in total. The number of H-pyrrole nitrogens is 1. The van der Waals surface area contributed by atoms with Crippen LogP contribution in [0.25, 0.3) is 22.5 Å². The molecule has 1 aliphatic rings. The summed E-state index contributed by atoms with van der Waals surface area (Å²) in [6.45, 7) is 2.75. The zero-order valence-corrected chi connectivity index (χ0v) is 20.2. The third-order valence-corrected chi connectivity index (χ3v) is 6.57. The molecule has 0 atom stereocenters. The van der Waals surface area contributed by atoms with E-state index in [1.807, 2.05) is 18.4 Å². The molecule has 35 heavy (non-hydrogen) atoms. The summed E-state index contributed by atoms with van der Waals surface area (Å²) in [7, 11) is 0. The van der Waals surface area contributed by atoms with Crippen molar-refractivity contribution in [1.82, 2.24) is 15.0 Å². The van der Waals surface area contributed by atoms with Crippen molar-refractivity contribution in [2.45, 2.75) is 4.90 Å². The third-order valence-electron chi connectivity index (χ3n) is 5.40. The number of carbonyl (C=O) groups is 1. The number of urea groups is 1. The lowest BCUT2D eigenvalue weighted by molar-refractivity contribution is 0.122. The number of anilines is 3. The summed E-state index contributed by atoms with van der Waals surface area (Å²) in [6, 6.07) is 11.6.